The molecule has 3 N–H and O–H groups in total. The maximum Gasteiger partial charge on any atom is 0.161 e. The second-order valence-electron chi connectivity index (χ2n) is 4.07. The fourth-order valence-corrected chi connectivity index (χ4v) is 2.30. The van der Waals surface area contributed by atoms with Crippen molar-refractivity contribution in [3.63, 3.8) is 0 Å². The van der Waals surface area contributed by atoms with Crippen molar-refractivity contribution in [3.8, 4) is 5.75 Å². The molecule has 0 spiro atoms. The van der Waals surface area contributed by atoms with E-state index in [0.717, 1.165) is 17.8 Å². The minimum atomic E-state index is -0.226. The minimum Gasteiger partial charge on any atom is -0.493 e. The highest BCUT2D eigenvalue weighted by molar-refractivity contribution is 6.30. The molecule has 0 aliphatic heterocycles. The number of aryl methyl sites for hydroxylation is 1. The van der Waals surface area contributed by atoms with Gasteiger partial charge in [-0.05, 0) is 24.6 Å². The largest absolute Gasteiger partial charge is 0.493 e. The molecule has 19 heavy (non-hydrogen) atoms. The van der Waals surface area contributed by atoms with E-state index in [1.54, 1.807) is 13.3 Å². The third kappa shape index (κ3) is 2.73. The van der Waals surface area contributed by atoms with E-state index in [0.29, 0.717) is 10.8 Å². The number of hydrogen-bond acceptors (Lipinski definition) is 4. The summed E-state index contributed by atoms with van der Waals surface area (Å²) in [7, 11) is 1.62. The number of nitrogens with one attached hydrogen (secondary N) is 1. The van der Waals surface area contributed by atoms with E-state index in [1.165, 1.54) is 0 Å². The normalized spacial score (nSPS) is 12.4. The van der Waals surface area contributed by atoms with Crippen LogP contribution in [0.5, 0.6) is 5.75 Å². The van der Waals surface area contributed by atoms with Crippen molar-refractivity contribution in [3.05, 3.63) is 46.7 Å². The van der Waals surface area contributed by atoms with Gasteiger partial charge in [-0.3, -0.25) is 10.5 Å². The Balaban J connectivity index is 2.50. The van der Waals surface area contributed by atoms with Crippen LogP contribution in [0, 0.1) is 0 Å². The van der Waals surface area contributed by atoms with Crippen LogP contribution in [0.3, 0.4) is 0 Å². The van der Waals surface area contributed by atoms with Gasteiger partial charge < -0.3 is 4.74 Å². The van der Waals surface area contributed by atoms with E-state index in [1.807, 2.05) is 35.9 Å². The smallest absolute Gasteiger partial charge is 0.161 e. The molecule has 1 unspecified atom stereocenters. The first-order chi connectivity index (χ1) is 9.21. The van der Waals surface area contributed by atoms with Gasteiger partial charge in [-0.2, -0.15) is 5.10 Å². The molecule has 1 atom stereocenters. The summed E-state index contributed by atoms with van der Waals surface area (Å²) < 4.78 is 7.20. The highest BCUT2D eigenvalue weighted by Crippen LogP contribution is 2.30. The third-order valence-electron chi connectivity index (χ3n) is 2.99. The molecule has 2 rings (SSSR count). The lowest BCUT2D eigenvalue weighted by molar-refractivity contribution is 0.399. The predicted octanol–water partition coefficient (Wildman–Crippen LogP) is 2.12. The van der Waals surface area contributed by atoms with Gasteiger partial charge >= 0.3 is 0 Å². The Labute approximate surface area is 117 Å². The van der Waals surface area contributed by atoms with E-state index in [9.17, 15) is 0 Å². The Kier molecular flexibility index (Phi) is 4.42. The number of halogens is 1. The average molecular weight is 281 g/mol. The molecule has 0 saturated heterocycles. The molecule has 0 radical (unpaired) electrons. The fraction of sp³-hybridized carbons (Fsp3) is 0.308. The Morgan fingerprint density at radius 3 is 2.89 bits per heavy atom. The molecule has 0 bridgehead atoms. The zero-order valence-corrected chi connectivity index (χ0v) is 11.7. The lowest BCUT2D eigenvalue weighted by atomic mass is 10.0. The number of nitrogens with two attached hydrogens (primary N) is 1. The number of rotatable bonds is 5. The van der Waals surface area contributed by atoms with E-state index >= 15 is 0 Å². The quantitative estimate of drug-likeness (QED) is 0.650. The van der Waals surface area contributed by atoms with Crippen molar-refractivity contribution < 1.29 is 4.74 Å². The molecule has 0 fully saturated rings. The number of benzene rings is 1. The minimum absolute atomic E-state index is 0.226. The van der Waals surface area contributed by atoms with Gasteiger partial charge in [0.25, 0.3) is 0 Å². The van der Waals surface area contributed by atoms with Gasteiger partial charge in [-0.15, -0.1) is 0 Å². The maximum absolute atomic E-state index is 6.03. The van der Waals surface area contributed by atoms with Crippen LogP contribution in [-0.2, 0) is 6.54 Å². The summed E-state index contributed by atoms with van der Waals surface area (Å²) in [6.07, 6.45) is 1.69. The van der Waals surface area contributed by atoms with Gasteiger partial charge in [-0.25, -0.2) is 5.43 Å². The van der Waals surface area contributed by atoms with E-state index in [2.05, 4.69) is 10.5 Å². The van der Waals surface area contributed by atoms with E-state index < -0.39 is 0 Å². The highest BCUT2D eigenvalue weighted by atomic mass is 35.5. The van der Waals surface area contributed by atoms with Crippen molar-refractivity contribution in [1.82, 2.24) is 15.2 Å². The van der Waals surface area contributed by atoms with Crippen LogP contribution in [0.2, 0.25) is 5.02 Å². The summed E-state index contributed by atoms with van der Waals surface area (Å²) in [4.78, 5) is 0. The Bertz CT molecular complexity index is 534. The standard InChI is InChI=1S/C13H17ClN4O/c1-3-18-13(11(19-2)8-16-18)12(17-15)9-5-4-6-10(14)7-9/h4-8,12,17H,3,15H2,1-2H3. The molecule has 102 valence electrons. The van der Waals surface area contributed by atoms with Crippen LogP contribution in [0.4, 0.5) is 0 Å². The molecule has 1 heterocycles. The Morgan fingerprint density at radius 1 is 1.53 bits per heavy atom. The van der Waals surface area contributed by atoms with Gasteiger partial charge in [0.15, 0.2) is 5.75 Å². The van der Waals surface area contributed by atoms with Crippen molar-refractivity contribution in [1.29, 1.82) is 0 Å². The molecule has 1 aromatic heterocycles. The number of ether oxygens (including phenoxy) is 1. The summed E-state index contributed by atoms with van der Waals surface area (Å²) in [5.41, 5.74) is 4.64. The van der Waals surface area contributed by atoms with E-state index in [-0.39, 0.29) is 6.04 Å². The van der Waals surface area contributed by atoms with Gasteiger partial charge in [0.2, 0.25) is 0 Å². The highest BCUT2D eigenvalue weighted by Gasteiger charge is 2.22. The van der Waals surface area contributed by atoms with Crippen LogP contribution >= 0.6 is 11.6 Å². The summed E-state index contributed by atoms with van der Waals surface area (Å²) in [5, 5.41) is 4.95. The van der Waals surface area contributed by atoms with Crippen molar-refractivity contribution >= 4 is 11.6 Å². The molecule has 0 saturated carbocycles. The van der Waals surface area contributed by atoms with Crippen LogP contribution < -0.4 is 16.0 Å². The molecule has 0 amide bonds. The lowest BCUT2D eigenvalue weighted by Crippen LogP contribution is -2.31. The van der Waals surface area contributed by atoms with Crippen LogP contribution in [0.15, 0.2) is 30.5 Å². The SMILES string of the molecule is CCn1ncc(OC)c1C(NN)c1cccc(Cl)c1. The van der Waals surface area contributed by atoms with E-state index in [4.69, 9.17) is 22.2 Å². The molecule has 1 aromatic carbocycles. The summed E-state index contributed by atoms with van der Waals surface area (Å²) in [5.74, 6) is 6.40. The van der Waals surface area contributed by atoms with Gasteiger partial charge in [0.1, 0.15) is 5.69 Å². The Hall–Kier alpha value is -1.56. The van der Waals surface area contributed by atoms with Gasteiger partial charge in [0.05, 0.1) is 19.3 Å². The first kappa shape index (κ1) is 13.9. The first-order valence-electron chi connectivity index (χ1n) is 6.02. The first-order valence-corrected chi connectivity index (χ1v) is 6.40. The topological polar surface area (TPSA) is 65.1 Å². The summed E-state index contributed by atoms with van der Waals surface area (Å²) in [6.45, 7) is 2.75. The average Bonchev–Trinajstić information content (AvgIpc) is 2.83. The Morgan fingerprint density at radius 2 is 2.32 bits per heavy atom. The molecule has 5 nitrogen and oxygen atoms in total. The maximum atomic E-state index is 6.03. The van der Waals surface area contributed by atoms with Crippen molar-refractivity contribution in [2.45, 2.75) is 19.5 Å². The van der Waals surface area contributed by atoms with Crippen LogP contribution in [-0.4, -0.2) is 16.9 Å². The van der Waals surface area contributed by atoms with Gasteiger partial charge in [-0.1, -0.05) is 23.7 Å². The predicted molar refractivity (Wildman–Crippen MR) is 75.1 cm³/mol. The molecule has 0 aliphatic carbocycles. The molecule has 6 heteroatoms. The lowest BCUT2D eigenvalue weighted by Gasteiger charge is -2.19. The number of hydrogen-bond donors (Lipinski definition) is 2. The summed E-state index contributed by atoms with van der Waals surface area (Å²) >= 11 is 6.03. The van der Waals surface area contributed by atoms with Crippen molar-refractivity contribution in [2.75, 3.05) is 7.11 Å². The number of methoxy groups -OCH3 is 1. The monoisotopic (exact) mass is 280 g/mol. The fourth-order valence-electron chi connectivity index (χ4n) is 2.10. The number of nitrogens with zero attached hydrogens (tertiary/aromatic N) is 2. The molecular formula is C13H17ClN4O. The second kappa shape index (κ2) is 6.06. The number of aromatic nitrogens is 2. The van der Waals surface area contributed by atoms with Crippen LogP contribution in [0.1, 0.15) is 24.2 Å². The third-order valence-corrected chi connectivity index (χ3v) is 3.22. The van der Waals surface area contributed by atoms with Gasteiger partial charge in [0, 0.05) is 11.6 Å². The zero-order valence-electron chi connectivity index (χ0n) is 10.9. The summed E-state index contributed by atoms with van der Waals surface area (Å²) in [6, 6.07) is 7.33. The molecular weight excluding hydrogens is 264 g/mol. The zero-order chi connectivity index (χ0) is 13.8. The number of hydrazine groups is 1. The molecule has 2 aromatic rings. The molecule has 0 aliphatic rings. The van der Waals surface area contributed by atoms with Crippen molar-refractivity contribution in [2.24, 2.45) is 5.84 Å². The van der Waals surface area contributed by atoms with Crippen LogP contribution in [0.25, 0.3) is 0 Å². The second-order valence-corrected chi connectivity index (χ2v) is 4.51.